The molecule has 0 saturated heterocycles. The van der Waals surface area contributed by atoms with Crippen molar-refractivity contribution < 1.29 is 4.79 Å². The maximum Gasteiger partial charge on any atom is 0.272 e. The molecule has 0 fully saturated rings. The Labute approximate surface area is 138 Å². The number of nitrogens with zero attached hydrogens (tertiary/aromatic N) is 2. The van der Waals surface area contributed by atoms with Crippen LogP contribution >= 0.6 is 0 Å². The molecule has 4 nitrogen and oxygen atoms in total. The van der Waals surface area contributed by atoms with E-state index in [1.807, 2.05) is 29.2 Å². The number of hydrogen-bond donors (Lipinski definition) is 1. The zero-order valence-electron chi connectivity index (χ0n) is 14.2. The number of hydrogen-bond acceptors (Lipinski definition) is 3. The summed E-state index contributed by atoms with van der Waals surface area (Å²) < 4.78 is 0. The van der Waals surface area contributed by atoms with Gasteiger partial charge in [0, 0.05) is 30.7 Å². The fourth-order valence-corrected chi connectivity index (χ4v) is 2.53. The van der Waals surface area contributed by atoms with Crippen LogP contribution in [0.3, 0.4) is 0 Å². The van der Waals surface area contributed by atoms with Crippen LogP contribution in [0.4, 0.5) is 11.4 Å². The first kappa shape index (κ1) is 17.0. The molecule has 1 N–H and O–H groups in total. The van der Waals surface area contributed by atoms with Gasteiger partial charge in [0.05, 0.1) is 0 Å². The predicted molar refractivity (Wildman–Crippen MR) is 95.2 cm³/mol. The average Bonchev–Trinajstić information content (AvgIpc) is 2.54. The third kappa shape index (κ3) is 4.81. The van der Waals surface area contributed by atoms with Gasteiger partial charge in [0.1, 0.15) is 5.69 Å². The summed E-state index contributed by atoms with van der Waals surface area (Å²) in [5, 5.41) is 3.33. The van der Waals surface area contributed by atoms with Crippen molar-refractivity contribution in [1.29, 1.82) is 0 Å². The lowest BCUT2D eigenvalue weighted by atomic mass is 10.2. The number of nitrogens with one attached hydrogen (secondary N) is 1. The largest absolute Gasteiger partial charge is 0.355 e. The quantitative estimate of drug-likeness (QED) is 0.824. The van der Waals surface area contributed by atoms with Crippen molar-refractivity contribution in [2.24, 2.45) is 0 Å². The highest BCUT2D eigenvalue weighted by Gasteiger charge is 2.15. The van der Waals surface area contributed by atoms with Crippen molar-refractivity contribution in [3.8, 4) is 0 Å². The van der Waals surface area contributed by atoms with Crippen molar-refractivity contribution in [1.82, 2.24) is 9.88 Å². The molecule has 1 heterocycles. The second-order valence-corrected chi connectivity index (χ2v) is 5.72. The van der Waals surface area contributed by atoms with E-state index in [2.05, 4.69) is 43.2 Å². The molecule has 0 atom stereocenters. The van der Waals surface area contributed by atoms with Crippen molar-refractivity contribution in [2.75, 3.05) is 18.4 Å². The summed E-state index contributed by atoms with van der Waals surface area (Å²) >= 11 is 0. The topological polar surface area (TPSA) is 45.2 Å². The van der Waals surface area contributed by atoms with Crippen molar-refractivity contribution in [2.45, 2.75) is 33.6 Å². The Bertz CT molecular complexity index is 649. The van der Waals surface area contributed by atoms with Gasteiger partial charge in [-0.2, -0.15) is 0 Å². The molecule has 0 radical (unpaired) electrons. The van der Waals surface area contributed by atoms with E-state index < -0.39 is 0 Å². The van der Waals surface area contributed by atoms with E-state index in [0.29, 0.717) is 5.69 Å². The number of rotatable bonds is 7. The van der Waals surface area contributed by atoms with Crippen LogP contribution in [-0.2, 0) is 0 Å². The molecule has 2 rings (SSSR count). The number of amides is 1. The zero-order valence-corrected chi connectivity index (χ0v) is 14.2. The molecular formula is C19H25N3O. The average molecular weight is 311 g/mol. The summed E-state index contributed by atoms with van der Waals surface area (Å²) in [4.78, 5) is 18.7. The Hall–Kier alpha value is -2.36. The highest BCUT2D eigenvalue weighted by Crippen LogP contribution is 2.18. The third-order valence-electron chi connectivity index (χ3n) is 3.56. The minimum absolute atomic E-state index is 0.00147. The summed E-state index contributed by atoms with van der Waals surface area (Å²) in [5.41, 5.74) is 3.57. The number of aryl methyl sites for hydroxylation is 1. The Morgan fingerprint density at radius 3 is 2.43 bits per heavy atom. The van der Waals surface area contributed by atoms with E-state index >= 15 is 0 Å². The first-order valence-corrected chi connectivity index (χ1v) is 8.23. The Balaban J connectivity index is 2.16. The second-order valence-electron chi connectivity index (χ2n) is 5.72. The van der Waals surface area contributed by atoms with Crippen LogP contribution in [0.1, 0.15) is 42.7 Å². The molecule has 0 saturated carbocycles. The number of benzene rings is 1. The number of aromatic nitrogens is 1. The monoisotopic (exact) mass is 311 g/mol. The van der Waals surface area contributed by atoms with Gasteiger partial charge in [0.15, 0.2) is 0 Å². The summed E-state index contributed by atoms with van der Waals surface area (Å²) in [6.45, 7) is 7.76. The number of carbonyl (C=O) groups is 1. The molecule has 0 bridgehead atoms. The molecule has 0 aliphatic heterocycles. The minimum atomic E-state index is 0.00147. The molecule has 1 amide bonds. The van der Waals surface area contributed by atoms with Gasteiger partial charge in [-0.1, -0.05) is 26.0 Å². The SMILES string of the molecule is CCCN(CCC)C(=O)c1cc(Nc2cccc(C)c2)ccn1. The first-order chi connectivity index (χ1) is 11.1. The van der Waals surface area contributed by atoms with Gasteiger partial charge in [-0.25, -0.2) is 0 Å². The van der Waals surface area contributed by atoms with Gasteiger partial charge in [-0.15, -0.1) is 0 Å². The normalized spacial score (nSPS) is 10.4. The molecule has 1 aromatic carbocycles. The van der Waals surface area contributed by atoms with Gasteiger partial charge < -0.3 is 10.2 Å². The van der Waals surface area contributed by atoms with Gasteiger partial charge in [-0.3, -0.25) is 9.78 Å². The van der Waals surface area contributed by atoms with Crippen LogP contribution in [0.25, 0.3) is 0 Å². The molecule has 2 aromatic rings. The van der Waals surface area contributed by atoms with E-state index in [1.165, 1.54) is 5.56 Å². The Morgan fingerprint density at radius 1 is 1.09 bits per heavy atom. The molecule has 0 unspecified atom stereocenters. The van der Waals surface area contributed by atoms with Crippen LogP contribution < -0.4 is 5.32 Å². The summed E-state index contributed by atoms with van der Waals surface area (Å²) in [5.74, 6) is 0.00147. The predicted octanol–water partition coefficient (Wildman–Crippen LogP) is 4.40. The standard InChI is InChI=1S/C19H25N3O/c1-4-11-22(12-5-2)19(23)18-14-17(9-10-20-18)21-16-8-6-7-15(3)13-16/h6-10,13-14H,4-5,11-12H2,1-3H3,(H,20,21). The zero-order chi connectivity index (χ0) is 16.7. The van der Waals surface area contributed by atoms with E-state index in [1.54, 1.807) is 6.20 Å². The first-order valence-electron chi connectivity index (χ1n) is 8.23. The highest BCUT2D eigenvalue weighted by atomic mass is 16.2. The molecule has 4 heteroatoms. The van der Waals surface area contributed by atoms with E-state index in [0.717, 1.165) is 37.3 Å². The van der Waals surface area contributed by atoms with Gasteiger partial charge in [-0.05, 0) is 49.6 Å². The Morgan fingerprint density at radius 2 is 1.78 bits per heavy atom. The minimum Gasteiger partial charge on any atom is -0.355 e. The van der Waals surface area contributed by atoms with Crippen LogP contribution in [0, 0.1) is 6.92 Å². The third-order valence-corrected chi connectivity index (χ3v) is 3.56. The number of anilines is 2. The van der Waals surface area contributed by atoms with Gasteiger partial charge in [0.2, 0.25) is 0 Å². The molecule has 23 heavy (non-hydrogen) atoms. The smallest absolute Gasteiger partial charge is 0.272 e. The molecule has 1 aromatic heterocycles. The van der Waals surface area contributed by atoms with E-state index in [-0.39, 0.29) is 5.91 Å². The summed E-state index contributed by atoms with van der Waals surface area (Å²) in [6, 6.07) is 11.8. The molecule has 0 aliphatic carbocycles. The summed E-state index contributed by atoms with van der Waals surface area (Å²) in [6.07, 6.45) is 3.58. The second kappa shape index (κ2) is 8.32. The van der Waals surface area contributed by atoms with Gasteiger partial charge >= 0.3 is 0 Å². The lowest BCUT2D eigenvalue weighted by Crippen LogP contribution is -2.33. The highest BCUT2D eigenvalue weighted by molar-refractivity contribution is 5.93. The van der Waals surface area contributed by atoms with E-state index in [4.69, 9.17) is 0 Å². The lowest BCUT2D eigenvalue weighted by molar-refractivity contribution is 0.0749. The van der Waals surface area contributed by atoms with Crippen LogP contribution in [0.2, 0.25) is 0 Å². The maximum absolute atomic E-state index is 12.6. The van der Waals surface area contributed by atoms with Crippen LogP contribution in [0.15, 0.2) is 42.6 Å². The summed E-state index contributed by atoms with van der Waals surface area (Å²) in [7, 11) is 0. The van der Waals surface area contributed by atoms with Crippen molar-refractivity contribution in [3.05, 3.63) is 53.9 Å². The van der Waals surface area contributed by atoms with Crippen molar-refractivity contribution in [3.63, 3.8) is 0 Å². The fraction of sp³-hybridized carbons (Fsp3) is 0.368. The van der Waals surface area contributed by atoms with Gasteiger partial charge in [0.25, 0.3) is 5.91 Å². The molecule has 0 spiro atoms. The molecule has 122 valence electrons. The van der Waals surface area contributed by atoms with E-state index in [9.17, 15) is 4.79 Å². The van der Waals surface area contributed by atoms with Crippen molar-refractivity contribution >= 4 is 17.3 Å². The Kier molecular flexibility index (Phi) is 6.15. The fourth-order valence-electron chi connectivity index (χ4n) is 2.53. The number of pyridine rings is 1. The number of carbonyl (C=O) groups excluding carboxylic acids is 1. The van der Waals surface area contributed by atoms with Crippen LogP contribution in [-0.4, -0.2) is 28.9 Å². The molecule has 0 aliphatic rings. The molecular weight excluding hydrogens is 286 g/mol. The van der Waals surface area contributed by atoms with Crippen LogP contribution in [0.5, 0.6) is 0 Å². The maximum atomic E-state index is 12.6. The lowest BCUT2D eigenvalue weighted by Gasteiger charge is -2.21.